The number of hydrogen-bond donors (Lipinski definition) is 1. The largest absolute Gasteiger partial charge is 0.507 e. The van der Waals surface area contributed by atoms with Crippen molar-refractivity contribution in [2.75, 3.05) is 60.7 Å². The van der Waals surface area contributed by atoms with Gasteiger partial charge in [-0.15, -0.1) is 0 Å². The summed E-state index contributed by atoms with van der Waals surface area (Å²) in [5.41, 5.74) is 0.894. The Morgan fingerprint density at radius 1 is 0.921 bits per heavy atom. The van der Waals surface area contributed by atoms with Crippen LogP contribution in [0.15, 0.2) is 35.9 Å². The summed E-state index contributed by atoms with van der Waals surface area (Å²) in [6.07, 6.45) is 2.22. The fourth-order valence-electron chi connectivity index (χ4n) is 5.32. The highest BCUT2D eigenvalue weighted by molar-refractivity contribution is 6.46. The molecule has 1 atom stereocenters. The van der Waals surface area contributed by atoms with Crippen LogP contribution in [0.5, 0.6) is 28.7 Å². The summed E-state index contributed by atoms with van der Waals surface area (Å²) in [6, 6.07) is 7.50. The molecule has 2 saturated heterocycles. The Kier molecular flexibility index (Phi) is 7.33. The maximum absolute atomic E-state index is 13.5. The molecule has 5 rings (SSSR count). The highest BCUT2D eigenvalue weighted by atomic mass is 16.6. The zero-order chi connectivity index (χ0) is 26.8. The fourth-order valence-corrected chi connectivity index (χ4v) is 5.32. The molecule has 0 aliphatic carbocycles. The summed E-state index contributed by atoms with van der Waals surface area (Å²) < 4.78 is 27.8. The second-order valence-electron chi connectivity index (χ2n) is 9.36. The number of Topliss-reactive ketones (excluding diaryl/α,β-unsaturated/α-hetero) is 1. The number of aliphatic hydroxyl groups is 1. The molecule has 1 amide bonds. The lowest BCUT2D eigenvalue weighted by Crippen LogP contribution is -2.37. The second kappa shape index (κ2) is 10.8. The van der Waals surface area contributed by atoms with Gasteiger partial charge in [0.2, 0.25) is 5.75 Å². The smallest absolute Gasteiger partial charge is 0.295 e. The molecule has 3 heterocycles. The summed E-state index contributed by atoms with van der Waals surface area (Å²) in [5.74, 6) is 0.465. The van der Waals surface area contributed by atoms with E-state index in [-0.39, 0.29) is 11.3 Å². The number of ether oxygens (including phenoxy) is 5. The Morgan fingerprint density at radius 2 is 1.58 bits per heavy atom. The van der Waals surface area contributed by atoms with Crippen LogP contribution in [0.3, 0.4) is 0 Å². The summed E-state index contributed by atoms with van der Waals surface area (Å²) >= 11 is 0. The van der Waals surface area contributed by atoms with Crippen molar-refractivity contribution < 1.29 is 38.4 Å². The van der Waals surface area contributed by atoms with Crippen molar-refractivity contribution in [3.8, 4) is 28.7 Å². The van der Waals surface area contributed by atoms with Gasteiger partial charge >= 0.3 is 0 Å². The molecule has 10 nitrogen and oxygen atoms in total. The third-order valence-electron chi connectivity index (χ3n) is 7.21. The molecule has 0 bridgehead atoms. The Morgan fingerprint density at radius 3 is 2.21 bits per heavy atom. The third-order valence-corrected chi connectivity index (χ3v) is 7.21. The summed E-state index contributed by atoms with van der Waals surface area (Å²) in [7, 11) is 4.51. The van der Waals surface area contributed by atoms with E-state index in [2.05, 4.69) is 4.90 Å². The van der Waals surface area contributed by atoms with E-state index in [1.54, 1.807) is 30.3 Å². The molecule has 202 valence electrons. The first-order valence-corrected chi connectivity index (χ1v) is 12.7. The molecule has 2 aromatic carbocycles. The number of rotatable bonds is 8. The van der Waals surface area contributed by atoms with Crippen molar-refractivity contribution >= 4 is 17.4 Å². The van der Waals surface area contributed by atoms with E-state index in [0.29, 0.717) is 66.2 Å². The quantitative estimate of drug-likeness (QED) is 0.317. The van der Waals surface area contributed by atoms with Gasteiger partial charge in [0.1, 0.15) is 19.0 Å². The van der Waals surface area contributed by atoms with Crippen LogP contribution in [-0.4, -0.2) is 87.3 Å². The number of amides is 1. The first kappa shape index (κ1) is 25.7. The van der Waals surface area contributed by atoms with Gasteiger partial charge in [-0.05, 0) is 61.8 Å². The van der Waals surface area contributed by atoms with Crippen LogP contribution in [-0.2, 0) is 9.59 Å². The van der Waals surface area contributed by atoms with Crippen molar-refractivity contribution in [2.24, 2.45) is 0 Å². The summed E-state index contributed by atoms with van der Waals surface area (Å²) in [6.45, 7) is 3.67. The molecule has 38 heavy (non-hydrogen) atoms. The molecule has 1 N–H and O–H groups in total. The maximum atomic E-state index is 13.5. The molecular formula is C28H32N2O8. The van der Waals surface area contributed by atoms with Crippen LogP contribution in [0, 0.1) is 0 Å². The standard InChI is InChI=1S/C28H32N2O8/c1-34-21-15-18(16-22(35-2)27(21)36-3)24-23(25(31)17-6-7-19-20(14-17)38-13-12-37-19)26(32)28(33)30(24)11-10-29-8-4-5-9-29/h6-7,14-16,24,31H,4-5,8-13H2,1-3H3/t24-/m0/s1. The minimum absolute atomic E-state index is 0.0117. The van der Waals surface area contributed by atoms with E-state index in [1.165, 1.54) is 26.2 Å². The van der Waals surface area contributed by atoms with Crippen LogP contribution in [0.1, 0.15) is 30.0 Å². The SMILES string of the molecule is COc1cc([C@H]2C(=C(O)c3ccc4c(c3)OCCO4)C(=O)C(=O)N2CCN2CCCC2)cc(OC)c1OC. The molecular weight excluding hydrogens is 492 g/mol. The second-order valence-corrected chi connectivity index (χ2v) is 9.36. The monoisotopic (exact) mass is 524 g/mol. The van der Waals surface area contributed by atoms with Crippen LogP contribution in [0.25, 0.3) is 5.76 Å². The van der Waals surface area contributed by atoms with Crippen molar-refractivity contribution in [2.45, 2.75) is 18.9 Å². The van der Waals surface area contributed by atoms with Crippen LogP contribution in [0.2, 0.25) is 0 Å². The topological polar surface area (TPSA) is 107 Å². The van der Waals surface area contributed by atoms with E-state index >= 15 is 0 Å². The molecule has 2 fully saturated rings. The lowest BCUT2D eigenvalue weighted by atomic mass is 9.94. The average molecular weight is 525 g/mol. The maximum Gasteiger partial charge on any atom is 0.295 e. The fraction of sp³-hybridized carbons (Fsp3) is 0.429. The highest BCUT2D eigenvalue weighted by Crippen LogP contribution is 2.46. The number of likely N-dealkylation sites (tertiary alicyclic amines) is 2. The van der Waals surface area contributed by atoms with Gasteiger partial charge in [-0.25, -0.2) is 0 Å². The first-order chi connectivity index (χ1) is 18.5. The predicted octanol–water partition coefficient (Wildman–Crippen LogP) is 3.00. The third kappa shape index (κ3) is 4.60. The molecule has 0 aromatic heterocycles. The number of fused-ring (bicyclic) bond motifs is 1. The molecule has 3 aliphatic heterocycles. The van der Waals surface area contributed by atoms with Gasteiger partial charge in [-0.1, -0.05) is 0 Å². The number of benzene rings is 2. The van der Waals surface area contributed by atoms with E-state index < -0.39 is 17.7 Å². The normalized spacial score (nSPS) is 20.6. The lowest BCUT2D eigenvalue weighted by Gasteiger charge is -2.28. The van der Waals surface area contributed by atoms with Crippen molar-refractivity contribution in [3.05, 3.63) is 47.0 Å². The molecule has 10 heteroatoms. The van der Waals surface area contributed by atoms with Gasteiger partial charge in [0.05, 0.1) is 32.9 Å². The van der Waals surface area contributed by atoms with Gasteiger partial charge < -0.3 is 38.6 Å². The predicted molar refractivity (Wildman–Crippen MR) is 138 cm³/mol. The zero-order valence-electron chi connectivity index (χ0n) is 21.8. The van der Waals surface area contributed by atoms with Crippen molar-refractivity contribution in [3.63, 3.8) is 0 Å². The van der Waals surface area contributed by atoms with Gasteiger partial charge in [-0.2, -0.15) is 0 Å². The van der Waals surface area contributed by atoms with Gasteiger partial charge in [0, 0.05) is 18.7 Å². The minimum Gasteiger partial charge on any atom is -0.507 e. The van der Waals surface area contributed by atoms with Crippen LogP contribution in [0.4, 0.5) is 0 Å². The Balaban J connectivity index is 1.63. The van der Waals surface area contributed by atoms with Gasteiger partial charge in [-0.3, -0.25) is 9.59 Å². The summed E-state index contributed by atoms with van der Waals surface area (Å²) in [4.78, 5) is 30.6. The number of hydrogen-bond acceptors (Lipinski definition) is 9. The molecule has 0 saturated carbocycles. The molecule has 3 aliphatic rings. The van der Waals surface area contributed by atoms with E-state index in [0.717, 1.165) is 25.9 Å². The highest BCUT2D eigenvalue weighted by Gasteiger charge is 2.46. The van der Waals surface area contributed by atoms with E-state index in [1.807, 2.05) is 0 Å². The van der Waals surface area contributed by atoms with E-state index in [9.17, 15) is 14.7 Å². The van der Waals surface area contributed by atoms with Crippen LogP contribution >= 0.6 is 0 Å². The Hall–Kier alpha value is -3.92. The molecule has 2 aromatic rings. The lowest BCUT2D eigenvalue weighted by molar-refractivity contribution is -0.140. The Labute approximate surface area is 221 Å². The molecule has 0 spiro atoms. The number of carbonyl (C=O) groups is 2. The number of carbonyl (C=O) groups excluding carboxylic acids is 2. The minimum atomic E-state index is -0.862. The number of aliphatic hydroxyl groups excluding tert-OH is 1. The van der Waals surface area contributed by atoms with E-state index in [4.69, 9.17) is 23.7 Å². The number of nitrogens with zero attached hydrogens (tertiary/aromatic N) is 2. The molecule has 0 radical (unpaired) electrons. The zero-order valence-corrected chi connectivity index (χ0v) is 21.8. The summed E-state index contributed by atoms with van der Waals surface area (Å²) in [5, 5.41) is 11.5. The van der Waals surface area contributed by atoms with Crippen LogP contribution < -0.4 is 23.7 Å². The first-order valence-electron chi connectivity index (χ1n) is 12.7. The number of ketones is 1. The van der Waals surface area contributed by atoms with Gasteiger partial charge in [0.15, 0.2) is 23.0 Å². The van der Waals surface area contributed by atoms with Gasteiger partial charge in [0.25, 0.3) is 11.7 Å². The number of methoxy groups -OCH3 is 3. The molecule has 0 unspecified atom stereocenters. The van der Waals surface area contributed by atoms with Crippen molar-refractivity contribution in [1.82, 2.24) is 9.80 Å². The average Bonchev–Trinajstić information content (AvgIpc) is 3.56. The Bertz CT molecular complexity index is 1240. The van der Waals surface area contributed by atoms with Crippen molar-refractivity contribution in [1.29, 1.82) is 0 Å².